The number of anilines is 1. The van der Waals surface area contributed by atoms with E-state index in [9.17, 15) is 13.2 Å². The molecule has 1 spiro atoms. The SMILES string of the molecule is CO[C@H]1/C=C/C[C@H](C)[C@@H](OC)C(=O)NS(=O)(=O)c2ccc3c(c2)N(C[C@@H]2CC[C@H]21)C[C@@]1(CCCc2cc(Cl)ccc21)CO3. The first-order chi connectivity index (χ1) is 20.6. The molecule has 43 heavy (non-hydrogen) atoms. The van der Waals surface area contributed by atoms with E-state index in [4.69, 9.17) is 25.8 Å². The zero-order chi connectivity index (χ0) is 30.4. The van der Waals surface area contributed by atoms with E-state index in [2.05, 4.69) is 27.8 Å². The lowest BCUT2D eigenvalue weighted by Gasteiger charge is -2.46. The normalized spacial score (nSPS) is 32.8. The Morgan fingerprint density at radius 2 is 1.95 bits per heavy atom. The van der Waals surface area contributed by atoms with Crippen molar-refractivity contribution in [2.24, 2.45) is 17.8 Å². The summed E-state index contributed by atoms with van der Waals surface area (Å²) in [6.07, 6.45) is 8.80. The number of aryl methyl sites for hydroxylation is 1. The molecule has 1 saturated carbocycles. The fourth-order valence-electron chi connectivity index (χ4n) is 7.59. The van der Waals surface area contributed by atoms with Crippen LogP contribution >= 0.6 is 11.6 Å². The molecule has 2 aromatic rings. The Kier molecular flexibility index (Phi) is 8.54. The van der Waals surface area contributed by atoms with Crippen LogP contribution in [0.2, 0.25) is 5.02 Å². The Hall–Kier alpha value is -2.59. The van der Waals surface area contributed by atoms with Gasteiger partial charge in [-0.25, -0.2) is 13.1 Å². The molecular formula is C33H41ClN2O6S. The third-order valence-corrected chi connectivity index (χ3v) is 11.6. The van der Waals surface area contributed by atoms with Gasteiger partial charge in [0.2, 0.25) is 0 Å². The summed E-state index contributed by atoms with van der Waals surface area (Å²) in [5.74, 6) is 0.422. The van der Waals surface area contributed by atoms with Gasteiger partial charge in [-0.2, -0.15) is 0 Å². The zero-order valence-corrected chi connectivity index (χ0v) is 26.6. The molecule has 4 aliphatic rings. The highest BCUT2D eigenvalue weighted by atomic mass is 35.5. The second-order valence-corrected chi connectivity index (χ2v) is 14.8. The Labute approximate surface area is 259 Å². The number of nitrogens with zero attached hydrogens (tertiary/aromatic N) is 1. The molecule has 2 bridgehead atoms. The van der Waals surface area contributed by atoms with Crippen molar-refractivity contribution < 1.29 is 27.4 Å². The van der Waals surface area contributed by atoms with Crippen molar-refractivity contribution in [3.05, 3.63) is 64.7 Å². The number of ether oxygens (including phenoxy) is 3. The molecule has 2 aliphatic carbocycles. The summed E-state index contributed by atoms with van der Waals surface area (Å²) in [6, 6.07) is 11.1. The van der Waals surface area contributed by atoms with Crippen LogP contribution in [0, 0.1) is 17.8 Å². The van der Waals surface area contributed by atoms with E-state index < -0.39 is 22.0 Å². The van der Waals surface area contributed by atoms with Crippen molar-refractivity contribution in [2.45, 2.75) is 68.0 Å². The lowest BCUT2D eigenvalue weighted by atomic mass is 9.68. The fraction of sp³-hybridized carbons (Fsp3) is 0.545. The van der Waals surface area contributed by atoms with E-state index in [-0.39, 0.29) is 22.3 Å². The second-order valence-electron chi connectivity index (χ2n) is 12.7. The van der Waals surface area contributed by atoms with Crippen LogP contribution in [-0.4, -0.2) is 60.4 Å². The Balaban J connectivity index is 1.44. The van der Waals surface area contributed by atoms with E-state index in [0.717, 1.165) is 49.4 Å². The van der Waals surface area contributed by atoms with Gasteiger partial charge in [0.15, 0.2) is 0 Å². The minimum atomic E-state index is -4.16. The first kappa shape index (κ1) is 30.4. The third kappa shape index (κ3) is 5.81. The number of halogens is 1. The number of carbonyl (C=O) groups excluding carboxylic acids is 1. The van der Waals surface area contributed by atoms with Gasteiger partial charge in [-0.1, -0.05) is 36.7 Å². The standard InChI is InChI=1S/C33H41ClN2O6S/c1-21-6-4-8-29(40-2)26-12-9-23(26)18-36-19-33(15-5-7-22-16-24(34)10-13-27(22)33)20-42-30-14-11-25(17-28(30)36)43(38,39)35-32(37)31(21)41-3/h4,8,10-11,13-14,16-17,21,23,26,29,31H,5-7,9,12,15,18-20H2,1-3H3,(H,35,37)/b8-4+/t21-,23-,26+,29-,31+,33-/m0/s1. The highest BCUT2D eigenvalue weighted by molar-refractivity contribution is 7.90. The Morgan fingerprint density at radius 3 is 2.70 bits per heavy atom. The van der Waals surface area contributed by atoms with Gasteiger partial charge in [0.25, 0.3) is 15.9 Å². The molecule has 1 fully saturated rings. The molecule has 6 rings (SSSR count). The highest BCUT2D eigenvalue weighted by Crippen LogP contribution is 2.47. The van der Waals surface area contributed by atoms with Gasteiger partial charge in [0.05, 0.1) is 23.3 Å². The summed E-state index contributed by atoms with van der Waals surface area (Å²) in [6.45, 7) is 3.80. The number of fused-ring (bicyclic) bond motifs is 4. The number of benzene rings is 2. The van der Waals surface area contributed by atoms with E-state index in [0.29, 0.717) is 37.2 Å². The molecule has 0 unspecified atom stereocenters. The summed E-state index contributed by atoms with van der Waals surface area (Å²) < 4.78 is 47.4. The summed E-state index contributed by atoms with van der Waals surface area (Å²) in [4.78, 5) is 15.5. The minimum absolute atomic E-state index is 0.0226. The van der Waals surface area contributed by atoms with Crippen LogP contribution in [0.5, 0.6) is 5.75 Å². The van der Waals surface area contributed by atoms with Gasteiger partial charge in [-0.15, -0.1) is 0 Å². The smallest absolute Gasteiger partial charge is 0.264 e. The largest absolute Gasteiger partial charge is 0.490 e. The van der Waals surface area contributed by atoms with Crippen LogP contribution < -0.4 is 14.4 Å². The number of allylic oxidation sites excluding steroid dienone is 1. The van der Waals surface area contributed by atoms with Crippen molar-refractivity contribution in [1.82, 2.24) is 4.72 Å². The average molecular weight is 629 g/mol. The minimum Gasteiger partial charge on any atom is -0.490 e. The average Bonchev–Trinajstić information content (AvgIpc) is 3.11. The van der Waals surface area contributed by atoms with Gasteiger partial charge in [0, 0.05) is 37.7 Å². The van der Waals surface area contributed by atoms with Crippen LogP contribution in [0.15, 0.2) is 53.4 Å². The van der Waals surface area contributed by atoms with Crippen LogP contribution in [0.25, 0.3) is 0 Å². The highest BCUT2D eigenvalue weighted by Gasteiger charge is 2.44. The molecule has 0 saturated heterocycles. The number of methoxy groups -OCH3 is 2. The molecule has 8 nitrogen and oxygen atoms in total. The van der Waals surface area contributed by atoms with Crippen LogP contribution in [-0.2, 0) is 36.1 Å². The van der Waals surface area contributed by atoms with Gasteiger partial charge >= 0.3 is 0 Å². The topological polar surface area (TPSA) is 94.2 Å². The molecule has 6 atom stereocenters. The van der Waals surface area contributed by atoms with Crippen LogP contribution in [0.4, 0.5) is 5.69 Å². The molecule has 2 aromatic carbocycles. The van der Waals surface area contributed by atoms with Crippen molar-refractivity contribution in [1.29, 1.82) is 0 Å². The lowest BCUT2D eigenvalue weighted by Crippen LogP contribution is -2.49. The van der Waals surface area contributed by atoms with E-state index in [1.165, 1.54) is 24.3 Å². The first-order valence-electron chi connectivity index (χ1n) is 15.2. The molecule has 0 radical (unpaired) electrons. The maximum atomic E-state index is 13.6. The van der Waals surface area contributed by atoms with Crippen molar-refractivity contribution >= 4 is 33.2 Å². The lowest BCUT2D eigenvalue weighted by molar-refractivity contribution is -0.131. The number of rotatable bonds is 2. The van der Waals surface area contributed by atoms with E-state index in [1.807, 2.05) is 19.1 Å². The number of hydrogen-bond donors (Lipinski definition) is 1. The molecule has 10 heteroatoms. The molecule has 232 valence electrons. The maximum Gasteiger partial charge on any atom is 0.264 e. The quantitative estimate of drug-likeness (QED) is 0.453. The molecular weight excluding hydrogens is 588 g/mol. The fourth-order valence-corrected chi connectivity index (χ4v) is 8.80. The Morgan fingerprint density at radius 1 is 1.12 bits per heavy atom. The van der Waals surface area contributed by atoms with Gasteiger partial charge in [0.1, 0.15) is 11.9 Å². The van der Waals surface area contributed by atoms with E-state index in [1.54, 1.807) is 19.2 Å². The second kappa shape index (κ2) is 12.1. The number of sulfonamides is 1. The summed E-state index contributed by atoms with van der Waals surface area (Å²) in [5, 5.41) is 0.733. The first-order valence-corrected chi connectivity index (χ1v) is 17.1. The molecule has 2 heterocycles. The number of amides is 1. The van der Waals surface area contributed by atoms with Crippen molar-refractivity contribution in [3.8, 4) is 5.75 Å². The number of carbonyl (C=O) groups is 1. The monoisotopic (exact) mass is 628 g/mol. The van der Waals surface area contributed by atoms with Crippen LogP contribution in [0.1, 0.15) is 50.2 Å². The van der Waals surface area contributed by atoms with Crippen molar-refractivity contribution in [3.63, 3.8) is 0 Å². The Bertz CT molecular complexity index is 1510. The van der Waals surface area contributed by atoms with Crippen LogP contribution in [0.3, 0.4) is 0 Å². The summed E-state index contributed by atoms with van der Waals surface area (Å²) >= 11 is 6.40. The molecule has 1 amide bonds. The molecule has 2 aliphatic heterocycles. The van der Waals surface area contributed by atoms with Crippen molar-refractivity contribution in [2.75, 3.05) is 38.8 Å². The predicted molar refractivity (Wildman–Crippen MR) is 166 cm³/mol. The van der Waals surface area contributed by atoms with E-state index >= 15 is 0 Å². The number of hydrogen-bond acceptors (Lipinski definition) is 7. The zero-order valence-electron chi connectivity index (χ0n) is 25.1. The van der Waals surface area contributed by atoms with Gasteiger partial charge in [-0.3, -0.25) is 4.79 Å². The molecule has 1 N–H and O–H groups in total. The number of nitrogens with one attached hydrogen (secondary N) is 1. The summed E-state index contributed by atoms with van der Waals surface area (Å²) in [7, 11) is -0.982. The molecule has 0 aromatic heterocycles. The summed E-state index contributed by atoms with van der Waals surface area (Å²) in [5.41, 5.74) is 2.96. The van der Waals surface area contributed by atoms with Gasteiger partial charge < -0.3 is 19.1 Å². The van der Waals surface area contributed by atoms with Gasteiger partial charge in [-0.05, 0) is 97.7 Å². The third-order valence-electron chi connectivity index (χ3n) is 10.0. The maximum absolute atomic E-state index is 13.6. The predicted octanol–water partition coefficient (Wildman–Crippen LogP) is 5.27.